The molecule has 0 radical (unpaired) electrons. The number of rotatable bonds is 3. The lowest BCUT2D eigenvalue weighted by Gasteiger charge is -2.10. The number of hydrogen-bond acceptors (Lipinski definition) is 3. The number of carbonyl (C=O) groups is 2. The largest absolute Gasteiger partial charge is 0.480 e. The average Bonchev–Trinajstić information content (AvgIpc) is 2.36. The van der Waals surface area contributed by atoms with E-state index in [4.69, 9.17) is 10.8 Å². The lowest BCUT2D eigenvalue weighted by Crippen LogP contribution is -2.33. The Morgan fingerprint density at radius 3 is 2.83 bits per heavy atom. The number of carbonyl (C=O) groups excluding carboxylic acids is 1. The van der Waals surface area contributed by atoms with E-state index in [-0.39, 0.29) is 11.7 Å². The van der Waals surface area contributed by atoms with E-state index in [1.54, 1.807) is 0 Å². The molecule has 12 heavy (non-hydrogen) atoms. The molecule has 0 saturated heterocycles. The summed E-state index contributed by atoms with van der Waals surface area (Å²) in [4.78, 5) is 21.4. The quantitative estimate of drug-likeness (QED) is 0.633. The van der Waals surface area contributed by atoms with Crippen molar-refractivity contribution < 1.29 is 14.7 Å². The van der Waals surface area contributed by atoms with Gasteiger partial charge in [0.1, 0.15) is 11.8 Å². The number of nitrogens with two attached hydrogens (primary N) is 1. The first-order chi connectivity index (χ1) is 5.61. The van der Waals surface area contributed by atoms with Gasteiger partial charge in [0.25, 0.3) is 0 Å². The molecule has 0 bridgehead atoms. The molecule has 0 aromatic carbocycles. The fourth-order valence-corrected chi connectivity index (χ4v) is 1.54. The molecule has 4 heteroatoms. The van der Waals surface area contributed by atoms with Crippen molar-refractivity contribution in [2.45, 2.75) is 31.7 Å². The van der Waals surface area contributed by atoms with Crippen LogP contribution in [0.25, 0.3) is 0 Å². The SMILES string of the molecule is N[C@@H](C[C@@H]1CCCC1=O)C(=O)O. The van der Waals surface area contributed by atoms with Crippen LogP contribution in [0.15, 0.2) is 0 Å². The van der Waals surface area contributed by atoms with Gasteiger partial charge in [-0.05, 0) is 19.3 Å². The van der Waals surface area contributed by atoms with Crippen molar-refractivity contribution in [3.05, 3.63) is 0 Å². The summed E-state index contributed by atoms with van der Waals surface area (Å²) in [7, 11) is 0. The lowest BCUT2D eigenvalue weighted by molar-refractivity contribution is -0.139. The van der Waals surface area contributed by atoms with Gasteiger partial charge in [0.15, 0.2) is 0 Å². The molecule has 4 nitrogen and oxygen atoms in total. The molecule has 0 heterocycles. The predicted molar refractivity (Wildman–Crippen MR) is 42.6 cm³/mol. The summed E-state index contributed by atoms with van der Waals surface area (Å²) in [5, 5.41) is 8.49. The molecular weight excluding hydrogens is 158 g/mol. The van der Waals surface area contributed by atoms with Crippen LogP contribution in [0.5, 0.6) is 0 Å². The molecule has 1 aliphatic rings. The van der Waals surface area contributed by atoms with E-state index in [9.17, 15) is 9.59 Å². The van der Waals surface area contributed by atoms with Crippen molar-refractivity contribution >= 4 is 11.8 Å². The summed E-state index contributed by atoms with van der Waals surface area (Å²) in [6, 6.07) is -0.878. The number of carboxylic acid groups (broad SMARTS) is 1. The minimum atomic E-state index is -1.02. The zero-order valence-electron chi connectivity index (χ0n) is 6.82. The van der Waals surface area contributed by atoms with Crippen molar-refractivity contribution in [2.75, 3.05) is 0 Å². The van der Waals surface area contributed by atoms with Crippen LogP contribution in [0.4, 0.5) is 0 Å². The summed E-state index contributed by atoms with van der Waals surface area (Å²) in [6.07, 6.45) is 2.58. The third kappa shape index (κ3) is 2.04. The van der Waals surface area contributed by atoms with E-state index in [1.807, 2.05) is 0 Å². The van der Waals surface area contributed by atoms with Gasteiger partial charge in [-0.3, -0.25) is 9.59 Å². The maximum atomic E-state index is 11.1. The molecule has 0 spiro atoms. The monoisotopic (exact) mass is 171 g/mol. The molecule has 1 saturated carbocycles. The Morgan fingerprint density at radius 2 is 2.42 bits per heavy atom. The number of hydrogen-bond donors (Lipinski definition) is 2. The fraction of sp³-hybridized carbons (Fsp3) is 0.750. The minimum Gasteiger partial charge on any atom is -0.480 e. The normalized spacial score (nSPS) is 25.8. The first-order valence-corrected chi connectivity index (χ1v) is 4.12. The van der Waals surface area contributed by atoms with E-state index in [0.717, 1.165) is 12.8 Å². The molecular formula is C8H13NO3. The van der Waals surface area contributed by atoms with Crippen LogP contribution in [0.1, 0.15) is 25.7 Å². The van der Waals surface area contributed by atoms with Gasteiger partial charge in [0.2, 0.25) is 0 Å². The van der Waals surface area contributed by atoms with Crippen LogP contribution < -0.4 is 5.73 Å². The Balaban J connectivity index is 2.40. The Labute approximate surface area is 70.7 Å². The van der Waals surface area contributed by atoms with E-state index in [1.165, 1.54) is 0 Å². The van der Waals surface area contributed by atoms with Crippen LogP contribution >= 0.6 is 0 Å². The van der Waals surface area contributed by atoms with Crippen LogP contribution in [-0.2, 0) is 9.59 Å². The molecule has 0 aromatic heterocycles. The van der Waals surface area contributed by atoms with Crippen LogP contribution in [0.2, 0.25) is 0 Å². The van der Waals surface area contributed by atoms with Gasteiger partial charge in [-0.2, -0.15) is 0 Å². The van der Waals surface area contributed by atoms with Gasteiger partial charge in [-0.25, -0.2) is 0 Å². The van der Waals surface area contributed by atoms with E-state index in [2.05, 4.69) is 0 Å². The van der Waals surface area contributed by atoms with Gasteiger partial charge in [0, 0.05) is 12.3 Å². The molecule has 1 rings (SSSR count). The Morgan fingerprint density at radius 1 is 1.75 bits per heavy atom. The Hall–Kier alpha value is -0.900. The maximum Gasteiger partial charge on any atom is 0.320 e. The molecule has 2 atom stereocenters. The molecule has 3 N–H and O–H groups in total. The predicted octanol–water partition coefficient (Wildman–Crippen LogP) is 0.158. The van der Waals surface area contributed by atoms with Gasteiger partial charge < -0.3 is 10.8 Å². The zero-order valence-corrected chi connectivity index (χ0v) is 6.82. The Kier molecular flexibility index (Phi) is 2.81. The second-order valence-corrected chi connectivity index (χ2v) is 3.24. The summed E-state index contributed by atoms with van der Waals surface area (Å²) in [6.45, 7) is 0. The molecule has 1 aliphatic carbocycles. The van der Waals surface area contributed by atoms with E-state index >= 15 is 0 Å². The smallest absolute Gasteiger partial charge is 0.320 e. The second-order valence-electron chi connectivity index (χ2n) is 3.24. The van der Waals surface area contributed by atoms with Gasteiger partial charge in [-0.1, -0.05) is 0 Å². The van der Waals surface area contributed by atoms with Crippen LogP contribution in [-0.4, -0.2) is 22.9 Å². The van der Waals surface area contributed by atoms with Crippen molar-refractivity contribution in [2.24, 2.45) is 11.7 Å². The highest BCUT2D eigenvalue weighted by Gasteiger charge is 2.28. The van der Waals surface area contributed by atoms with Crippen molar-refractivity contribution in [3.63, 3.8) is 0 Å². The number of aliphatic carboxylic acids is 1. The summed E-state index contributed by atoms with van der Waals surface area (Å²) in [5.41, 5.74) is 5.31. The summed E-state index contributed by atoms with van der Waals surface area (Å²) < 4.78 is 0. The first-order valence-electron chi connectivity index (χ1n) is 4.12. The lowest BCUT2D eigenvalue weighted by atomic mass is 9.98. The molecule has 1 fully saturated rings. The van der Waals surface area contributed by atoms with Crippen molar-refractivity contribution in [3.8, 4) is 0 Å². The highest BCUT2D eigenvalue weighted by Crippen LogP contribution is 2.24. The first kappa shape index (κ1) is 9.19. The number of Topliss-reactive ketones (excluding diaryl/α,β-unsaturated/α-hetero) is 1. The van der Waals surface area contributed by atoms with Crippen LogP contribution in [0.3, 0.4) is 0 Å². The average molecular weight is 171 g/mol. The zero-order chi connectivity index (χ0) is 9.14. The van der Waals surface area contributed by atoms with E-state index in [0.29, 0.717) is 12.8 Å². The Bertz CT molecular complexity index is 202. The van der Waals surface area contributed by atoms with Crippen molar-refractivity contribution in [1.82, 2.24) is 0 Å². The topological polar surface area (TPSA) is 80.4 Å². The molecule has 0 amide bonds. The standard InChI is InChI=1S/C8H13NO3/c9-6(8(11)12)4-5-2-1-3-7(5)10/h5-6H,1-4,9H2,(H,11,12)/t5-,6-/m0/s1. The minimum absolute atomic E-state index is 0.101. The number of ketones is 1. The molecule has 68 valence electrons. The highest BCUT2D eigenvalue weighted by molar-refractivity contribution is 5.84. The third-order valence-corrected chi connectivity index (χ3v) is 2.29. The molecule has 0 aliphatic heterocycles. The van der Waals surface area contributed by atoms with Gasteiger partial charge in [-0.15, -0.1) is 0 Å². The number of carboxylic acids is 1. The maximum absolute atomic E-state index is 11.1. The highest BCUT2D eigenvalue weighted by atomic mass is 16.4. The van der Waals surface area contributed by atoms with Gasteiger partial charge in [0.05, 0.1) is 0 Å². The van der Waals surface area contributed by atoms with Crippen molar-refractivity contribution in [1.29, 1.82) is 0 Å². The van der Waals surface area contributed by atoms with E-state index < -0.39 is 12.0 Å². The molecule has 0 aromatic rings. The summed E-state index contributed by atoms with van der Waals surface area (Å²) in [5.74, 6) is -0.947. The molecule has 0 unspecified atom stereocenters. The fourth-order valence-electron chi connectivity index (χ4n) is 1.54. The third-order valence-electron chi connectivity index (χ3n) is 2.29. The van der Waals surface area contributed by atoms with Gasteiger partial charge >= 0.3 is 5.97 Å². The second kappa shape index (κ2) is 3.67. The van der Waals surface area contributed by atoms with Crippen LogP contribution in [0, 0.1) is 5.92 Å². The summed E-state index contributed by atoms with van der Waals surface area (Å²) >= 11 is 0.